The lowest BCUT2D eigenvalue weighted by Crippen LogP contribution is -2.40. The van der Waals surface area contributed by atoms with E-state index in [1.807, 2.05) is 0 Å². The van der Waals surface area contributed by atoms with Gasteiger partial charge in [0.05, 0.1) is 0 Å². The van der Waals surface area contributed by atoms with Gasteiger partial charge in [-0.15, -0.1) is 24.0 Å². The van der Waals surface area contributed by atoms with Gasteiger partial charge in [-0.25, -0.2) is 0 Å². The summed E-state index contributed by atoms with van der Waals surface area (Å²) in [4.78, 5) is 16.4. The van der Waals surface area contributed by atoms with E-state index in [4.69, 9.17) is 4.99 Å². The highest BCUT2D eigenvalue weighted by Gasteiger charge is 2.31. The standard InChI is InChI=1S/C17H34N4O.HI/c1-4-12-19-15(22)9-13-20-16(18-6-3)21-14-17(5-2)10-7-8-11-17;/h4-14H2,1-3H3,(H,19,22)(H2,18,20,21);1H. The van der Waals surface area contributed by atoms with Gasteiger partial charge in [0.1, 0.15) is 0 Å². The third-order valence-electron chi connectivity index (χ3n) is 4.55. The Bertz CT molecular complexity index is 355. The molecule has 1 fully saturated rings. The van der Waals surface area contributed by atoms with Crippen molar-refractivity contribution in [3.05, 3.63) is 0 Å². The molecule has 0 aliphatic heterocycles. The molecule has 3 N–H and O–H groups in total. The van der Waals surface area contributed by atoms with Crippen molar-refractivity contribution in [3.8, 4) is 0 Å². The number of aliphatic imine (C=N–C) groups is 1. The molecule has 0 unspecified atom stereocenters. The van der Waals surface area contributed by atoms with E-state index in [2.05, 4.69) is 36.7 Å². The van der Waals surface area contributed by atoms with Crippen molar-refractivity contribution < 1.29 is 4.79 Å². The molecule has 136 valence electrons. The molecule has 0 bridgehead atoms. The molecule has 0 aromatic rings. The zero-order chi connectivity index (χ0) is 16.3. The second-order valence-electron chi connectivity index (χ2n) is 6.28. The molecular formula is C17H35IN4O. The molecular weight excluding hydrogens is 403 g/mol. The number of carbonyl (C=O) groups is 1. The van der Waals surface area contributed by atoms with E-state index in [9.17, 15) is 4.79 Å². The minimum Gasteiger partial charge on any atom is -0.357 e. The molecule has 1 rings (SSSR count). The van der Waals surface area contributed by atoms with Crippen LogP contribution in [-0.4, -0.2) is 38.0 Å². The highest BCUT2D eigenvalue weighted by Crippen LogP contribution is 2.41. The third-order valence-corrected chi connectivity index (χ3v) is 4.55. The molecule has 1 aliphatic carbocycles. The normalized spacial score (nSPS) is 16.6. The summed E-state index contributed by atoms with van der Waals surface area (Å²) in [6.07, 6.45) is 7.94. The summed E-state index contributed by atoms with van der Waals surface area (Å²) in [5, 5.41) is 9.43. The SMILES string of the molecule is CCCNC(=O)CCNC(=NCC1(CC)CCCC1)NCC.I. The predicted molar refractivity (Wildman–Crippen MR) is 109 cm³/mol. The van der Waals surface area contributed by atoms with Gasteiger partial charge in [-0.1, -0.05) is 26.7 Å². The Kier molecular flexibility index (Phi) is 12.5. The zero-order valence-corrected chi connectivity index (χ0v) is 17.4. The summed E-state index contributed by atoms with van der Waals surface area (Å²) in [5.74, 6) is 0.941. The van der Waals surface area contributed by atoms with Gasteiger partial charge in [0.2, 0.25) is 5.91 Å². The maximum absolute atomic E-state index is 11.6. The quantitative estimate of drug-likeness (QED) is 0.295. The van der Waals surface area contributed by atoms with Crippen molar-refractivity contribution >= 4 is 35.8 Å². The second kappa shape index (κ2) is 12.8. The van der Waals surface area contributed by atoms with E-state index < -0.39 is 0 Å². The van der Waals surface area contributed by atoms with Crippen LogP contribution in [0.2, 0.25) is 0 Å². The number of guanidine groups is 1. The number of carbonyl (C=O) groups excluding carboxylic acids is 1. The average Bonchev–Trinajstić information content (AvgIpc) is 3.00. The van der Waals surface area contributed by atoms with Crippen LogP contribution < -0.4 is 16.0 Å². The first-order valence-electron chi connectivity index (χ1n) is 8.94. The minimum absolute atomic E-state index is 0. The number of halogens is 1. The minimum atomic E-state index is 0. The summed E-state index contributed by atoms with van der Waals surface area (Å²) < 4.78 is 0. The van der Waals surface area contributed by atoms with E-state index in [0.717, 1.165) is 32.0 Å². The predicted octanol–water partition coefficient (Wildman–Crippen LogP) is 3.05. The lowest BCUT2D eigenvalue weighted by molar-refractivity contribution is -0.120. The second-order valence-corrected chi connectivity index (χ2v) is 6.28. The molecule has 0 aromatic heterocycles. The van der Waals surface area contributed by atoms with E-state index in [-0.39, 0.29) is 29.9 Å². The molecule has 5 nitrogen and oxygen atoms in total. The Hall–Kier alpha value is -0.530. The van der Waals surface area contributed by atoms with Gasteiger partial charge < -0.3 is 16.0 Å². The summed E-state index contributed by atoms with van der Waals surface area (Å²) in [6, 6.07) is 0. The van der Waals surface area contributed by atoms with Gasteiger partial charge >= 0.3 is 0 Å². The number of amides is 1. The summed E-state index contributed by atoms with van der Waals surface area (Å²) in [6.45, 7) is 9.51. The molecule has 1 saturated carbocycles. The highest BCUT2D eigenvalue weighted by molar-refractivity contribution is 14.0. The topological polar surface area (TPSA) is 65.5 Å². The fourth-order valence-electron chi connectivity index (χ4n) is 2.98. The Morgan fingerprint density at radius 3 is 2.30 bits per heavy atom. The molecule has 0 saturated heterocycles. The number of hydrogen-bond donors (Lipinski definition) is 3. The Balaban J connectivity index is 0.00000484. The first-order chi connectivity index (χ1) is 10.7. The van der Waals surface area contributed by atoms with E-state index in [0.29, 0.717) is 18.4 Å². The lowest BCUT2D eigenvalue weighted by atomic mass is 9.84. The van der Waals surface area contributed by atoms with Crippen molar-refractivity contribution in [2.24, 2.45) is 10.4 Å². The molecule has 1 amide bonds. The molecule has 0 spiro atoms. The van der Waals surface area contributed by atoms with Crippen LogP contribution in [0.25, 0.3) is 0 Å². The van der Waals surface area contributed by atoms with Crippen LogP contribution in [0, 0.1) is 5.41 Å². The number of nitrogens with one attached hydrogen (secondary N) is 3. The first kappa shape index (κ1) is 22.5. The van der Waals surface area contributed by atoms with Crippen molar-refractivity contribution in [2.75, 3.05) is 26.2 Å². The van der Waals surface area contributed by atoms with Crippen molar-refractivity contribution in [2.45, 2.75) is 65.7 Å². The Morgan fingerprint density at radius 1 is 1.04 bits per heavy atom. The smallest absolute Gasteiger partial charge is 0.221 e. The number of nitrogens with zero attached hydrogens (tertiary/aromatic N) is 1. The molecule has 0 heterocycles. The molecule has 0 aromatic carbocycles. The first-order valence-corrected chi connectivity index (χ1v) is 8.94. The van der Waals surface area contributed by atoms with Crippen LogP contribution in [0.3, 0.4) is 0 Å². The van der Waals surface area contributed by atoms with E-state index >= 15 is 0 Å². The van der Waals surface area contributed by atoms with E-state index in [1.54, 1.807) is 0 Å². The van der Waals surface area contributed by atoms with Gasteiger partial charge in [0.25, 0.3) is 0 Å². The van der Waals surface area contributed by atoms with Crippen molar-refractivity contribution in [1.82, 2.24) is 16.0 Å². The molecule has 6 heteroatoms. The van der Waals surface area contributed by atoms with Crippen molar-refractivity contribution in [3.63, 3.8) is 0 Å². The lowest BCUT2D eigenvalue weighted by Gasteiger charge is -2.25. The van der Waals surface area contributed by atoms with Crippen LogP contribution in [0.4, 0.5) is 0 Å². The maximum Gasteiger partial charge on any atom is 0.221 e. The third kappa shape index (κ3) is 8.77. The summed E-state index contributed by atoms with van der Waals surface area (Å²) >= 11 is 0. The monoisotopic (exact) mass is 438 g/mol. The zero-order valence-electron chi connectivity index (χ0n) is 15.0. The molecule has 1 aliphatic rings. The Morgan fingerprint density at radius 2 is 1.74 bits per heavy atom. The van der Waals surface area contributed by atoms with Gasteiger partial charge in [-0.3, -0.25) is 9.79 Å². The summed E-state index contributed by atoms with van der Waals surface area (Å²) in [5.41, 5.74) is 0.404. The van der Waals surface area contributed by atoms with Crippen molar-refractivity contribution in [1.29, 1.82) is 0 Å². The van der Waals surface area contributed by atoms with Gasteiger partial charge in [0.15, 0.2) is 5.96 Å². The van der Waals surface area contributed by atoms with Gasteiger partial charge in [-0.05, 0) is 38.0 Å². The number of hydrogen-bond acceptors (Lipinski definition) is 2. The van der Waals surface area contributed by atoms with Gasteiger partial charge in [0, 0.05) is 32.6 Å². The van der Waals surface area contributed by atoms with Crippen LogP contribution >= 0.6 is 24.0 Å². The highest BCUT2D eigenvalue weighted by atomic mass is 127. The largest absolute Gasteiger partial charge is 0.357 e. The molecule has 0 atom stereocenters. The van der Waals surface area contributed by atoms with Crippen LogP contribution in [-0.2, 0) is 4.79 Å². The van der Waals surface area contributed by atoms with Crippen LogP contribution in [0.1, 0.15) is 65.7 Å². The van der Waals surface area contributed by atoms with Crippen LogP contribution in [0.15, 0.2) is 4.99 Å². The maximum atomic E-state index is 11.6. The fourth-order valence-corrected chi connectivity index (χ4v) is 2.98. The fraction of sp³-hybridized carbons (Fsp3) is 0.882. The van der Waals surface area contributed by atoms with Crippen LogP contribution in [0.5, 0.6) is 0 Å². The number of rotatable bonds is 9. The average molecular weight is 438 g/mol. The van der Waals surface area contributed by atoms with E-state index in [1.165, 1.54) is 32.1 Å². The summed E-state index contributed by atoms with van der Waals surface area (Å²) in [7, 11) is 0. The Labute approximate surface area is 158 Å². The van der Waals surface area contributed by atoms with Gasteiger partial charge in [-0.2, -0.15) is 0 Å². The molecule has 23 heavy (non-hydrogen) atoms. The molecule has 0 radical (unpaired) electrons.